The lowest BCUT2D eigenvalue weighted by atomic mass is 9.98. The van der Waals surface area contributed by atoms with E-state index in [0.717, 1.165) is 32.2 Å². The second kappa shape index (κ2) is 15.4. The molecule has 2 saturated heterocycles. The number of morpholine rings is 1. The highest BCUT2D eigenvalue weighted by atomic mass is 16.5. The van der Waals surface area contributed by atoms with Crippen molar-refractivity contribution >= 4 is 29.6 Å². The molecule has 1 aromatic rings. The largest absolute Gasteiger partial charge is 0.379 e. The van der Waals surface area contributed by atoms with Crippen LogP contribution in [0.3, 0.4) is 0 Å². The summed E-state index contributed by atoms with van der Waals surface area (Å²) in [5, 5.41) is 16.2. The van der Waals surface area contributed by atoms with Gasteiger partial charge in [0, 0.05) is 64.2 Å². The number of piperidine rings is 1. The molecule has 1 aliphatic carbocycles. The predicted octanol–water partition coefficient (Wildman–Crippen LogP) is -1.87. The van der Waals surface area contributed by atoms with Gasteiger partial charge in [-0.15, -0.1) is 0 Å². The average Bonchev–Trinajstić information content (AvgIpc) is 3.84. The van der Waals surface area contributed by atoms with Gasteiger partial charge in [0.15, 0.2) is 5.96 Å². The van der Waals surface area contributed by atoms with Crippen LogP contribution >= 0.6 is 0 Å². The summed E-state index contributed by atoms with van der Waals surface area (Å²) in [7, 11) is 0. The summed E-state index contributed by atoms with van der Waals surface area (Å²) in [5.74, 6) is -1.26. The van der Waals surface area contributed by atoms with Gasteiger partial charge in [0.25, 0.3) is 5.91 Å². The number of likely N-dealkylation sites (tertiary alicyclic amines) is 1. The molecule has 4 amide bonds. The van der Waals surface area contributed by atoms with E-state index in [1.807, 2.05) is 4.90 Å². The Morgan fingerprint density at radius 3 is 2.57 bits per heavy atom. The first-order valence-corrected chi connectivity index (χ1v) is 14.6. The third-order valence-corrected chi connectivity index (χ3v) is 7.65. The van der Waals surface area contributed by atoms with Crippen molar-refractivity contribution in [3.05, 3.63) is 24.3 Å². The molecule has 6 N–H and O–H groups in total. The number of amides is 4. The van der Waals surface area contributed by atoms with Gasteiger partial charge in [0.2, 0.25) is 17.7 Å². The predicted molar refractivity (Wildman–Crippen MR) is 152 cm³/mol. The molecule has 15 nitrogen and oxygen atoms in total. The van der Waals surface area contributed by atoms with E-state index in [1.165, 1.54) is 18.6 Å². The van der Waals surface area contributed by atoms with Crippen molar-refractivity contribution in [2.45, 2.75) is 44.2 Å². The molecule has 0 bridgehead atoms. The second-order valence-electron chi connectivity index (χ2n) is 11.0. The SMILES string of the molecule is N=C(N)N1CCC[C@@H](CNC(=O)C[C@H](NC(=O)CN2CCOCC2)C(=O)N(CCNC(=O)c2cnccn2)C2CC2)C1. The van der Waals surface area contributed by atoms with Gasteiger partial charge in [-0.25, -0.2) is 4.98 Å². The molecule has 1 saturated carbocycles. The summed E-state index contributed by atoms with van der Waals surface area (Å²) in [6, 6.07) is -1.05. The van der Waals surface area contributed by atoms with Crippen LogP contribution in [0.25, 0.3) is 0 Å². The number of aromatic nitrogens is 2. The van der Waals surface area contributed by atoms with Crippen LogP contribution in [0.4, 0.5) is 0 Å². The number of carbonyl (C=O) groups is 4. The smallest absolute Gasteiger partial charge is 0.271 e. The van der Waals surface area contributed by atoms with E-state index in [0.29, 0.717) is 39.4 Å². The normalized spacial score (nSPS) is 19.8. The zero-order chi connectivity index (χ0) is 29.9. The minimum Gasteiger partial charge on any atom is -0.379 e. The monoisotopic (exact) mass is 586 g/mol. The summed E-state index contributed by atoms with van der Waals surface area (Å²) in [6.07, 6.45) is 7.48. The van der Waals surface area contributed by atoms with Crippen LogP contribution < -0.4 is 21.7 Å². The van der Waals surface area contributed by atoms with Crippen molar-refractivity contribution in [3.63, 3.8) is 0 Å². The molecule has 2 atom stereocenters. The summed E-state index contributed by atoms with van der Waals surface area (Å²) >= 11 is 0. The van der Waals surface area contributed by atoms with Crippen molar-refractivity contribution in [1.82, 2.24) is 40.6 Å². The topological polar surface area (TPSA) is 199 Å². The Morgan fingerprint density at radius 2 is 1.88 bits per heavy atom. The molecule has 15 heteroatoms. The Bertz CT molecular complexity index is 1100. The number of carbonyl (C=O) groups excluding carboxylic acids is 4. The Kier molecular flexibility index (Phi) is 11.4. The molecule has 42 heavy (non-hydrogen) atoms. The van der Waals surface area contributed by atoms with E-state index >= 15 is 0 Å². The Balaban J connectivity index is 1.35. The molecular weight excluding hydrogens is 544 g/mol. The first kappa shape index (κ1) is 31.1. The van der Waals surface area contributed by atoms with Gasteiger partial charge < -0.3 is 36.2 Å². The van der Waals surface area contributed by atoms with Crippen molar-refractivity contribution in [3.8, 4) is 0 Å². The van der Waals surface area contributed by atoms with Gasteiger partial charge in [-0.3, -0.25) is 34.5 Å². The zero-order valence-corrected chi connectivity index (χ0v) is 23.9. The molecule has 3 heterocycles. The fourth-order valence-electron chi connectivity index (χ4n) is 5.22. The number of rotatable bonds is 13. The third kappa shape index (κ3) is 9.62. The lowest BCUT2D eigenvalue weighted by molar-refractivity contribution is -0.139. The van der Waals surface area contributed by atoms with Crippen molar-refractivity contribution in [2.24, 2.45) is 11.7 Å². The molecule has 3 fully saturated rings. The number of nitrogens with zero attached hydrogens (tertiary/aromatic N) is 5. The van der Waals surface area contributed by atoms with E-state index in [1.54, 1.807) is 9.80 Å². The van der Waals surface area contributed by atoms with Crippen LogP contribution in [0.15, 0.2) is 18.6 Å². The molecule has 0 spiro atoms. The first-order chi connectivity index (χ1) is 20.3. The number of nitrogens with two attached hydrogens (primary N) is 1. The maximum Gasteiger partial charge on any atom is 0.271 e. The maximum absolute atomic E-state index is 13.8. The lowest BCUT2D eigenvalue weighted by Gasteiger charge is -2.33. The van der Waals surface area contributed by atoms with Crippen LogP contribution in [0.5, 0.6) is 0 Å². The van der Waals surface area contributed by atoms with Crippen LogP contribution in [-0.2, 0) is 19.1 Å². The number of guanidine groups is 1. The van der Waals surface area contributed by atoms with Crippen molar-refractivity contribution < 1.29 is 23.9 Å². The summed E-state index contributed by atoms with van der Waals surface area (Å²) in [6.45, 7) is 4.54. The Hall–Kier alpha value is -3.85. The standard InChI is InChI=1S/C27H42N10O5/c28-27(29)36-8-1-2-19(17-36)15-33-23(38)14-21(34-24(39)18-35-10-12-42-13-11-35)26(41)37(20-3-4-20)9-7-32-25(40)22-16-30-5-6-31-22/h5-6,16,19-21H,1-4,7-15,17-18H2,(H3,28,29)(H,32,40)(H,33,38)(H,34,39)/t19-,21-/m0/s1. The molecule has 3 aliphatic rings. The number of nitrogens with one attached hydrogen (secondary N) is 4. The molecule has 1 aromatic heterocycles. The van der Waals surface area contributed by atoms with Crippen LogP contribution in [0.1, 0.15) is 42.6 Å². The summed E-state index contributed by atoms with van der Waals surface area (Å²) in [5.41, 5.74) is 5.81. The van der Waals surface area contributed by atoms with Gasteiger partial charge in [0.1, 0.15) is 11.7 Å². The highest BCUT2D eigenvalue weighted by Gasteiger charge is 2.37. The highest BCUT2D eigenvalue weighted by molar-refractivity contribution is 5.93. The molecule has 2 aliphatic heterocycles. The van der Waals surface area contributed by atoms with Gasteiger partial charge in [0.05, 0.1) is 32.4 Å². The summed E-state index contributed by atoms with van der Waals surface area (Å²) < 4.78 is 5.35. The van der Waals surface area contributed by atoms with Crippen molar-refractivity contribution in [1.29, 1.82) is 5.41 Å². The first-order valence-electron chi connectivity index (χ1n) is 14.6. The minimum atomic E-state index is -1.05. The maximum atomic E-state index is 13.8. The third-order valence-electron chi connectivity index (χ3n) is 7.65. The Labute approximate surface area is 245 Å². The van der Waals surface area contributed by atoms with Gasteiger partial charge in [-0.1, -0.05) is 0 Å². The highest BCUT2D eigenvalue weighted by Crippen LogP contribution is 2.27. The van der Waals surface area contributed by atoms with E-state index in [9.17, 15) is 19.2 Å². The second-order valence-corrected chi connectivity index (χ2v) is 11.0. The molecular formula is C27H42N10O5. The molecule has 230 valence electrons. The minimum absolute atomic E-state index is 0.00701. The number of hydrogen-bond acceptors (Lipinski definition) is 9. The number of hydrogen-bond donors (Lipinski definition) is 5. The molecule has 0 aromatic carbocycles. The van der Waals surface area contributed by atoms with E-state index in [4.69, 9.17) is 15.9 Å². The van der Waals surface area contributed by atoms with Crippen LogP contribution in [0, 0.1) is 11.3 Å². The molecule has 0 radical (unpaired) electrons. The van der Waals surface area contributed by atoms with Crippen molar-refractivity contribution in [2.75, 3.05) is 65.6 Å². The average molecular weight is 587 g/mol. The van der Waals surface area contributed by atoms with Gasteiger partial charge in [-0.05, 0) is 31.6 Å². The quantitative estimate of drug-likeness (QED) is 0.129. The van der Waals surface area contributed by atoms with E-state index < -0.39 is 11.9 Å². The summed E-state index contributed by atoms with van der Waals surface area (Å²) in [4.78, 5) is 65.5. The lowest BCUT2D eigenvalue weighted by Crippen LogP contribution is -2.54. The Morgan fingerprint density at radius 1 is 1.10 bits per heavy atom. The van der Waals surface area contributed by atoms with Crippen LogP contribution in [0.2, 0.25) is 0 Å². The number of ether oxygens (including phenoxy) is 1. The van der Waals surface area contributed by atoms with Gasteiger partial charge >= 0.3 is 0 Å². The zero-order valence-electron chi connectivity index (χ0n) is 23.9. The fraction of sp³-hybridized carbons (Fsp3) is 0.667. The van der Waals surface area contributed by atoms with E-state index in [-0.39, 0.29) is 67.4 Å². The van der Waals surface area contributed by atoms with Gasteiger partial charge in [-0.2, -0.15) is 0 Å². The molecule has 0 unspecified atom stereocenters. The fourth-order valence-corrected chi connectivity index (χ4v) is 5.22. The van der Waals surface area contributed by atoms with Crippen LogP contribution in [-0.4, -0.2) is 132 Å². The van der Waals surface area contributed by atoms with E-state index in [2.05, 4.69) is 25.9 Å². The molecule has 4 rings (SSSR count).